The number of anilines is 1. The van der Waals surface area contributed by atoms with E-state index < -0.39 is 5.97 Å². The Morgan fingerprint density at radius 3 is 2.62 bits per heavy atom. The zero-order chi connectivity index (χ0) is 18.5. The summed E-state index contributed by atoms with van der Waals surface area (Å²) in [5.41, 5.74) is 0.581. The van der Waals surface area contributed by atoms with Gasteiger partial charge in [0, 0.05) is 16.8 Å². The van der Waals surface area contributed by atoms with Gasteiger partial charge < -0.3 is 15.7 Å². The van der Waals surface area contributed by atoms with Gasteiger partial charge >= 0.3 is 5.97 Å². The number of amides is 2. The molecule has 0 radical (unpaired) electrons. The molecule has 0 bridgehead atoms. The van der Waals surface area contributed by atoms with Gasteiger partial charge in [-0.2, -0.15) is 0 Å². The molecule has 0 spiro atoms. The normalized spacial score (nSPS) is 14.5. The molecule has 1 aromatic carbocycles. The quantitative estimate of drug-likeness (QED) is 0.690. The van der Waals surface area contributed by atoms with Crippen LogP contribution in [0.5, 0.6) is 0 Å². The standard InChI is InChI=1S/C19H22N2O4S/c22-17(8-5-12-3-1-2-4-12)20-11-18(23)21-14-6-7-15-13(9-14)10-16(26-15)19(24)25/h6-7,9-10,12H,1-5,8,11H2,(H,20,22)(H,21,23)(H,24,25). The Morgan fingerprint density at radius 2 is 1.88 bits per heavy atom. The van der Waals surface area contributed by atoms with Gasteiger partial charge in [0.15, 0.2) is 0 Å². The van der Waals surface area contributed by atoms with Gasteiger partial charge in [-0.15, -0.1) is 11.3 Å². The van der Waals surface area contributed by atoms with E-state index in [2.05, 4.69) is 10.6 Å². The van der Waals surface area contributed by atoms with E-state index in [-0.39, 0.29) is 23.2 Å². The molecule has 1 aromatic heterocycles. The number of benzene rings is 1. The van der Waals surface area contributed by atoms with Crippen LogP contribution in [0.1, 0.15) is 48.2 Å². The first-order chi connectivity index (χ1) is 12.5. The van der Waals surface area contributed by atoms with E-state index in [9.17, 15) is 14.4 Å². The van der Waals surface area contributed by atoms with Crippen LogP contribution in [0.3, 0.4) is 0 Å². The summed E-state index contributed by atoms with van der Waals surface area (Å²) >= 11 is 1.19. The predicted octanol–water partition coefficient (Wildman–Crippen LogP) is 3.62. The van der Waals surface area contributed by atoms with Gasteiger partial charge in [-0.1, -0.05) is 25.7 Å². The molecule has 26 heavy (non-hydrogen) atoms. The van der Waals surface area contributed by atoms with Crippen molar-refractivity contribution in [3.63, 3.8) is 0 Å². The van der Waals surface area contributed by atoms with Crippen molar-refractivity contribution in [1.82, 2.24) is 5.32 Å². The summed E-state index contributed by atoms with van der Waals surface area (Å²) in [5.74, 6) is -0.696. The van der Waals surface area contributed by atoms with Crippen LogP contribution in [0.25, 0.3) is 10.1 Å². The highest BCUT2D eigenvalue weighted by Gasteiger charge is 2.16. The van der Waals surface area contributed by atoms with Crippen LogP contribution in [-0.2, 0) is 9.59 Å². The summed E-state index contributed by atoms with van der Waals surface area (Å²) in [4.78, 5) is 35.1. The summed E-state index contributed by atoms with van der Waals surface area (Å²) in [6.07, 6.45) is 6.31. The SMILES string of the molecule is O=C(CCC1CCCC1)NCC(=O)Nc1ccc2sc(C(=O)O)cc2c1. The second kappa shape index (κ2) is 8.31. The first-order valence-corrected chi connectivity index (χ1v) is 9.66. The van der Waals surface area contributed by atoms with Crippen LogP contribution >= 0.6 is 11.3 Å². The molecule has 3 rings (SSSR count). The summed E-state index contributed by atoms with van der Waals surface area (Å²) in [7, 11) is 0. The highest BCUT2D eigenvalue weighted by molar-refractivity contribution is 7.20. The number of nitrogens with one attached hydrogen (secondary N) is 2. The average Bonchev–Trinajstić information content (AvgIpc) is 3.27. The van der Waals surface area contributed by atoms with Gasteiger partial charge in [-0.25, -0.2) is 4.79 Å². The molecule has 3 N–H and O–H groups in total. The minimum Gasteiger partial charge on any atom is -0.477 e. The molecule has 1 heterocycles. The minimum absolute atomic E-state index is 0.0639. The Hall–Kier alpha value is -2.41. The molecule has 1 saturated carbocycles. The van der Waals surface area contributed by atoms with Gasteiger partial charge in [-0.05, 0) is 42.0 Å². The highest BCUT2D eigenvalue weighted by atomic mass is 32.1. The van der Waals surface area contributed by atoms with E-state index in [4.69, 9.17) is 5.11 Å². The first kappa shape index (κ1) is 18.4. The Kier molecular flexibility index (Phi) is 5.88. The lowest BCUT2D eigenvalue weighted by Gasteiger charge is -2.09. The molecule has 1 aliphatic carbocycles. The third-order valence-corrected chi connectivity index (χ3v) is 5.82. The van der Waals surface area contributed by atoms with Crippen molar-refractivity contribution in [2.75, 3.05) is 11.9 Å². The van der Waals surface area contributed by atoms with Gasteiger partial charge in [0.2, 0.25) is 11.8 Å². The lowest BCUT2D eigenvalue weighted by atomic mass is 10.0. The second-order valence-corrected chi connectivity index (χ2v) is 7.77. The fraction of sp³-hybridized carbons (Fsp3) is 0.421. The van der Waals surface area contributed by atoms with Crippen molar-refractivity contribution in [2.24, 2.45) is 5.92 Å². The van der Waals surface area contributed by atoms with Crippen molar-refractivity contribution < 1.29 is 19.5 Å². The smallest absolute Gasteiger partial charge is 0.345 e. The molecule has 2 aromatic rings. The molecule has 0 aliphatic heterocycles. The molecule has 0 unspecified atom stereocenters. The third-order valence-electron chi connectivity index (χ3n) is 4.71. The largest absolute Gasteiger partial charge is 0.477 e. The van der Waals surface area contributed by atoms with Crippen molar-refractivity contribution in [3.8, 4) is 0 Å². The van der Waals surface area contributed by atoms with Crippen LogP contribution in [0, 0.1) is 5.92 Å². The highest BCUT2D eigenvalue weighted by Crippen LogP contribution is 2.29. The van der Waals surface area contributed by atoms with Crippen molar-refractivity contribution in [3.05, 3.63) is 29.1 Å². The second-order valence-electron chi connectivity index (χ2n) is 6.68. The van der Waals surface area contributed by atoms with Crippen LogP contribution in [0.15, 0.2) is 24.3 Å². The van der Waals surface area contributed by atoms with Gasteiger partial charge in [-0.3, -0.25) is 9.59 Å². The molecule has 7 heteroatoms. The maximum Gasteiger partial charge on any atom is 0.345 e. The van der Waals surface area contributed by atoms with E-state index >= 15 is 0 Å². The summed E-state index contributed by atoms with van der Waals surface area (Å²) in [6, 6.07) is 6.83. The molecular weight excluding hydrogens is 352 g/mol. The van der Waals surface area contributed by atoms with Crippen LogP contribution in [0.4, 0.5) is 5.69 Å². The Balaban J connectivity index is 1.47. The fourth-order valence-electron chi connectivity index (χ4n) is 3.33. The maximum absolute atomic E-state index is 12.0. The summed E-state index contributed by atoms with van der Waals surface area (Å²) < 4.78 is 0.848. The molecule has 0 atom stereocenters. The number of carbonyl (C=O) groups is 3. The van der Waals surface area contributed by atoms with Gasteiger partial charge in [0.25, 0.3) is 0 Å². The molecule has 2 amide bonds. The van der Waals surface area contributed by atoms with E-state index in [1.165, 1.54) is 37.0 Å². The molecular formula is C19H22N2O4S. The van der Waals surface area contributed by atoms with E-state index in [0.29, 0.717) is 18.0 Å². The Bertz CT molecular complexity index is 824. The van der Waals surface area contributed by atoms with Crippen molar-refractivity contribution in [2.45, 2.75) is 38.5 Å². The number of fused-ring (bicyclic) bond motifs is 1. The van der Waals surface area contributed by atoms with E-state index in [0.717, 1.165) is 16.5 Å². The maximum atomic E-state index is 12.0. The zero-order valence-electron chi connectivity index (χ0n) is 14.4. The predicted molar refractivity (Wildman–Crippen MR) is 102 cm³/mol. The molecule has 0 saturated heterocycles. The van der Waals surface area contributed by atoms with Gasteiger partial charge in [0.1, 0.15) is 4.88 Å². The zero-order valence-corrected chi connectivity index (χ0v) is 15.2. The van der Waals surface area contributed by atoms with Crippen LogP contribution in [0.2, 0.25) is 0 Å². The van der Waals surface area contributed by atoms with Gasteiger partial charge in [0.05, 0.1) is 6.54 Å². The number of thiophene rings is 1. The molecule has 138 valence electrons. The van der Waals surface area contributed by atoms with E-state index in [1.54, 1.807) is 24.3 Å². The number of carboxylic acid groups (broad SMARTS) is 1. The lowest BCUT2D eigenvalue weighted by Crippen LogP contribution is -2.32. The minimum atomic E-state index is -0.961. The number of rotatable bonds is 7. The first-order valence-electron chi connectivity index (χ1n) is 8.85. The average molecular weight is 374 g/mol. The lowest BCUT2D eigenvalue weighted by molar-refractivity contribution is -0.124. The molecule has 1 aliphatic rings. The number of carbonyl (C=O) groups excluding carboxylic acids is 2. The Morgan fingerprint density at radius 1 is 1.12 bits per heavy atom. The number of carboxylic acids is 1. The third kappa shape index (κ3) is 4.82. The fourth-order valence-corrected chi connectivity index (χ4v) is 4.22. The van der Waals surface area contributed by atoms with Crippen molar-refractivity contribution >= 4 is 44.9 Å². The van der Waals surface area contributed by atoms with Crippen LogP contribution < -0.4 is 10.6 Å². The summed E-state index contributed by atoms with van der Waals surface area (Å²) in [5, 5.41) is 15.2. The van der Waals surface area contributed by atoms with E-state index in [1.807, 2.05) is 0 Å². The topological polar surface area (TPSA) is 95.5 Å². The molecule has 1 fully saturated rings. The summed E-state index contributed by atoms with van der Waals surface area (Å²) in [6.45, 7) is -0.0639. The number of hydrogen-bond acceptors (Lipinski definition) is 4. The van der Waals surface area contributed by atoms with Crippen molar-refractivity contribution in [1.29, 1.82) is 0 Å². The monoisotopic (exact) mass is 374 g/mol. The number of aromatic carboxylic acids is 1. The van der Waals surface area contributed by atoms with Crippen LogP contribution in [-0.4, -0.2) is 29.4 Å². The number of hydrogen-bond donors (Lipinski definition) is 3. The molecule has 6 nitrogen and oxygen atoms in total. The Labute approximate surface area is 155 Å².